The summed E-state index contributed by atoms with van der Waals surface area (Å²) in [6.07, 6.45) is 0. The fraction of sp³-hybridized carbons (Fsp3) is 0.312. The van der Waals surface area contributed by atoms with Gasteiger partial charge in [0.05, 0.1) is 0 Å². The normalized spacial score (nSPS) is 12.0. The zero-order valence-electron chi connectivity index (χ0n) is 12.7. The summed E-state index contributed by atoms with van der Waals surface area (Å²) in [7, 11) is 0. The van der Waals surface area contributed by atoms with Crippen LogP contribution in [0.4, 0.5) is 5.69 Å². The van der Waals surface area contributed by atoms with Crippen molar-refractivity contribution < 1.29 is 4.79 Å². The molecule has 1 atom stereocenters. The molecule has 0 bridgehead atoms. The molecule has 0 saturated heterocycles. The van der Waals surface area contributed by atoms with E-state index >= 15 is 0 Å². The van der Waals surface area contributed by atoms with E-state index in [1.165, 1.54) is 12.1 Å². The summed E-state index contributed by atoms with van der Waals surface area (Å²) < 4.78 is 0. The van der Waals surface area contributed by atoms with E-state index < -0.39 is 0 Å². The molecule has 2 aromatic rings. The van der Waals surface area contributed by atoms with Crippen LogP contribution in [0, 0.1) is 5.92 Å². The van der Waals surface area contributed by atoms with Crippen LogP contribution in [-0.4, -0.2) is 28.7 Å². The van der Waals surface area contributed by atoms with E-state index in [-0.39, 0.29) is 23.2 Å². The quantitative estimate of drug-likeness (QED) is 0.757. The van der Waals surface area contributed by atoms with Crippen molar-refractivity contribution in [3.8, 4) is 0 Å². The van der Waals surface area contributed by atoms with Gasteiger partial charge in [0, 0.05) is 24.3 Å². The molecule has 1 amide bonds. The third-order valence-corrected chi connectivity index (χ3v) is 3.32. The molecule has 0 spiro atoms. The summed E-state index contributed by atoms with van der Waals surface area (Å²) in [4.78, 5) is 23.0. The van der Waals surface area contributed by atoms with Crippen LogP contribution in [0.25, 0.3) is 0 Å². The monoisotopic (exact) mass is 300 g/mol. The number of benzene rings is 1. The van der Waals surface area contributed by atoms with Gasteiger partial charge in [0.1, 0.15) is 5.69 Å². The van der Waals surface area contributed by atoms with Gasteiger partial charge in [-0.15, -0.1) is 0 Å². The highest BCUT2D eigenvalue weighted by Gasteiger charge is 2.15. The zero-order valence-corrected chi connectivity index (χ0v) is 12.7. The smallest absolute Gasteiger partial charge is 0.271 e. The lowest BCUT2D eigenvalue weighted by molar-refractivity contribution is 0.0944. The van der Waals surface area contributed by atoms with Crippen LogP contribution in [0.15, 0.2) is 47.3 Å². The van der Waals surface area contributed by atoms with Crippen molar-refractivity contribution in [2.45, 2.75) is 19.9 Å². The van der Waals surface area contributed by atoms with Crippen molar-refractivity contribution in [3.63, 3.8) is 0 Å². The summed E-state index contributed by atoms with van der Waals surface area (Å²) in [6, 6.07) is 12.6. The molecule has 116 valence electrons. The Morgan fingerprint density at radius 2 is 1.91 bits per heavy atom. The Morgan fingerprint density at radius 3 is 2.50 bits per heavy atom. The zero-order chi connectivity index (χ0) is 15.9. The van der Waals surface area contributed by atoms with E-state index in [9.17, 15) is 9.59 Å². The Kier molecular flexibility index (Phi) is 5.30. The number of H-pyrrole nitrogens is 1. The van der Waals surface area contributed by atoms with Gasteiger partial charge < -0.3 is 10.6 Å². The van der Waals surface area contributed by atoms with E-state index in [4.69, 9.17) is 0 Å². The standard InChI is InChI=1S/C16H20N4O2/c1-11(2)14(18-12-6-4-3-5-7-12)10-17-16(22)13-8-9-15(21)20-19-13/h3-9,11,14,18H,10H2,1-2H3,(H,17,22)(H,20,21). The summed E-state index contributed by atoms with van der Waals surface area (Å²) in [5.74, 6) is 0.0285. The average Bonchev–Trinajstić information content (AvgIpc) is 2.52. The third-order valence-electron chi connectivity index (χ3n) is 3.32. The van der Waals surface area contributed by atoms with Gasteiger partial charge >= 0.3 is 0 Å². The summed E-state index contributed by atoms with van der Waals surface area (Å²) in [5, 5.41) is 12.2. The third kappa shape index (κ3) is 4.44. The molecule has 0 aliphatic heterocycles. The van der Waals surface area contributed by atoms with Crippen molar-refractivity contribution in [1.82, 2.24) is 15.5 Å². The average molecular weight is 300 g/mol. The summed E-state index contributed by atoms with van der Waals surface area (Å²) in [5.41, 5.74) is 0.877. The predicted octanol–water partition coefficient (Wildman–Crippen LogP) is 1.64. The Bertz CT molecular complexity index is 647. The second-order valence-electron chi connectivity index (χ2n) is 5.38. The van der Waals surface area contributed by atoms with Gasteiger partial charge in [0.2, 0.25) is 0 Å². The molecule has 0 aliphatic rings. The van der Waals surface area contributed by atoms with Crippen LogP contribution >= 0.6 is 0 Å². The minimum Gasteiger partial charge on any atom is -0.380 e. The highest BCUT2D eigenvalue weighted by atomic mass is 16.2. The lowest BCUT2D eigenvalue weighted by Gasteiger charge is -2.23. The molecule has 1 unspecified atom stereocenters. The molecule has 1 aromatic heterocycles. The van der Waals surface area contributed by atoms with Crippen molar-refractivity contribution in [2.75, 3.05) is 11.9 Å². The number of nitrogens with zero attached hydrogens (tertiary/aromatic N) is 1. The first kappa shape index (κ1) is 15.8. The molecule has 0 radical (unpaired) electrons. The van der Waals surface area contributed by atoms with Crippen LogP contribution < -0.4 is 16.2 Å². The van der Waals surface area contributed by atoms with Gasteiger partial charge in [-0.1, -0.05) is 32.0 Å². The molecule has 3 N–H and O–H groups in total. The first-order valence-electron chi connectivity index (χ1n) is 7.22. The highest BCUT2D eigenvalue weighted by Crippen LogP contribution is 2.11. The Labute approximate surface area is 129 Å². The number of carbonyl (C=O) groups is 1. The molecule has 6 heteroatoms. The lowest BCUT2D eigenvalue weighted by Crippen LogP contribution is -2.40. The maximum atomic E-state index is 12.0. The van der Waals surface area contributed by atoms with Gasteiger partial charge in [-0.2, -0.15) is 5.10 Å². The first-order chi connectivity index (χ1) is 10.6. The molecule has 1 aromatic carbocycles. The largest absolute Gasteiger partial charge is 0.380 e. The van der Waals surface area contributed by atoms with E-state index in [0.717, 1.165) is 5.69 Å². The lowest BCUT2D eigenvalue weighted by atomic mass is 10.0. The maximum absolute atomic E-state index is 12.0. The number of aromatic nitrogens is 2. The maximum Gasteiger partial charge on any atom is 0.271 e. The van der Waals surface area contributed by atoms with Gasteiger partial charge in [-0.25, -0.2) is 5.10 Å². The SMILES string of the molecule is CC(C)C(CNC(=O)c1ccc(=O)[nH]n1)Nc1ccccc1. The Morgan fingerprint density at radius 1 is 1.18 bits per heavy atom. The van der Waals surface area contributed by atoms with Gasteiger partial charge in [-0.05, 0) is 24.1 Å². The van der Waals surface area contributed by atoms with E-state index in [0.29, 0.717) is 12.5 Å². The second-order valence-corrected chi connectivity index (χ2v) is 5.38. The molecule has 0 fully saturated rings. The van der Waals surface area contributed by atoms with Crippen molar-refractivity contribution in [1.29, 1.82) is 0 Å². The second kappa shape index (κ2) is 7.40. The van der Waals surface area contributed by atoms with Crippen LogP contribution in [0.2, 0.25) is 0 Å². The molecule has 2 rings (SSSR count). The van der Waals surface area contributed by atoms with Crippen LogP contribution in [0.1, 0.15) is 24.3 Å². The predicted molar refractivity (Wildman–Crippen MR) is 85.9 cm³/mol. The van der Waals surface area contributed by atoms with Gasteiger partial charge in [0.25, 0.3) is 11.5 Å². The van der Waals surface area contributed by atoms with Gasteiger partial charge in [0.15, 0.2) is 0 Å². The number of hydrogen-bond donors (Lipinski definition) is 3. The fourth-order valence-corrected chi connectivity index (χ4v) is 1.97. The van der Waals surface area contributed by atoms with Crippen molar-refractivity contribution in [3.05, 3.63) is 58.5 Å². The molecule has 0 aliphatic carbocycles. The van der Waals surface area contributed by atoms with Crippen LogP contribution in [0.5, 0.6) is 0 Å². The number of rotatable bonds is 6. The van der Waals surface area contributed by atoms with Crippen LogP contribution in [0.3, 0.4) is 0 Å². The Balaban J connectivity index is 1.95. The number of para-hydroxylation sites is 1. The van der Waals surface area contributed by atoms with Crippen molar-refractivity contribution >= 4 is 11.6 Å². The summed E-state index contributed by atoms with van der Waals surface area (Å²) >= 11 is 0. The minimum atomic E-state index is -0.331. The van der Waals surface area contributed by atoms with Crippen LogP contribution in [-0.2, 0) is 0 Å². The molecule has 22 heavy (non-hydrogen) atoms. The fourth-order valence-electron chi connectivity index (χ4n) is 1.97. The molecular formula is C16H20N4O2. The highest BCUT2D eigenvalue weighted by molar-refractivity contribution is 5.92. The number of anilines is 1. The number of hydrogen-bond acceptors (Lipinski definition) is 4. The molecular weight excluding hydrogens is 280 g/mol. The first-order valence-corrected chi connectivity index (χ1v) is 7.22. The van der Waals surface area contributed by atoms with E-state index in [1.807, 2.05) is 30.3 Å². The van der Waals surface area contributed by atoms with E-state index in [2.05, 4.69) is 34.7 Å². The number of amides is 1. The van der Waals surface area contributed by atoms with Crippen molar-refractivity contribution in [2.24, 2.45) is 5.92 Å². The number of carbonyl (C=O) groups excluding carboxylic acids is 1. The van der Waals surface area contributed by atoms with E-state index in [1.54, 1.807) is 0 Å². The molecule has 1 heterocycles. The summed E-state index contributed by atoms with van der Waals surface area (Å²) in [6.45, 7) is 4.64. The van der Waals surface area contributed by atoms with Gasteiger partial charge in [-0.3, -0.25) is 9.59 Å². The molecule has 0 saturated carbocycles. The molecule has 6 nitrogen and oxygen atoms in total. The number of aromatic amines is 1. The number of nitrogens with one attached hydrogen (secondary N) is 3. The minimum absolute atomic E-state index is 0.0918. The topological polar surface area (TPSA) is 86.9 Å². The Hall–Kier alpha value is -2.63.